The number of benzene rings is 1. The largest absolute Gasteiger partial charge is 0.497 e. The van der Waals surface area contributed by atoms with Crippen LogP contribution in [-0.2, 0) is 16.8 Å². The quantitative estimate of drug-likeness (QED) is 0.865. The molecule has 2 rings (SSSR count). The van der Waals surface area contributed by atoms with Crippen molar-refractivity contribution in [3.8, 4) is 11.8 Å². The topological polar surface area (TPSA) is 82.3 Å². The van der Waals surface area contributed by atoms with Crippen LogP contribution in [0.15, 0.2) is 18.2 Å². The Balaban J connectivity index is 2.21. The van der Waals surface area contributed by atoms with Gasteiger partial charge in [0.1, 0.15) is 17.8 Å². The molecule has 0 fully saturated rings. The van der Waals surface area contributed by atoms with E-state index in [1.54, 1.807) is 13.2 Å². The van der Waals surface area contributed by atoms with Crippen LogP contribution in [0.1, 0.15) is 30.4 Å². The van der Waals surface area contributed by atoms with Gasteiger partial charge in [0.2, 0.25) is 5.91 Å². The maximum absolute atomic E-state index is 11.4. The van der Waals surface area contributed by atoms with Crippen LogP contribution in [0.3, 0.4) is 0 Å². The molecule has 20 heavy (non-hydrogen) atoms. The van der Waals surface area contributed by atoms with Crippen LogP contribution in [0.2, 0.25) is 0 Å². The number of hydrogen-bond donors (Lipinski definition) is 2. The molecule has 2 N–H and O–H groups in total. The normalized spacial score (nSPS) is 20.6. The van der Waals surface area contributed by atoms with Gasteiger partial charge in [-0.25, -0.2) is 0 Å². The third kappa shape index (κ3) is 2.91. The summed E-state index contributed by atoms with van der Waals surface area (Å²) in [7, 11) is 1.58. The number of aryl methyl sites for hydroxylation is 1. The first kappa shape index (κ1) is 14.4. The second-order valence-electron chi connectivity index (χ2n) is 5.02. The molecule has 106 valence electrons. The van der Waals surface area contributed by atoms with Gasteiger partial charge in [-0.2, -0.15) is 5.26 Å². The zero-order valence-electron chi connectivity index (χ0n) is 11.5. The van der Waals surface area contributed by atoms with Crippen LogP contribution in [0.5, 0.6) is 5.75 Å². The highest BCUT2D eigenvalue weighted by Crippen LogP contribution is 2.36. The molecular weight excluding hydrogens is 256 g/mol. The summed E-state index contributed by atoms with van der Waals surface area (Å²) in [6.45, 7) is 0.119. The Morgan fingerprint density at radius 3 is 3.10 bits per heavy atom. The van der Waals surface area contributed by atoms with E-state index >= 15 is 0 Å². The van der Waals surface area contributed by atoms with Gasteiger partial charge in [0, 0.05) is 0 Å². The van der Waals surface area contributed by atoms with Crippen molar-refractivity contribution in [2.45, 2.75) is 31.3 Å². The number of carbonyl (C=O) groups is 1. The third-order valence-electron chi connectivity index (χ3n) is 3.67. The number of hydrogen-bond acceptors (Lipinski definition) is 4. The summed E-state index contributed by atoms with van der Waals surface area (Å²) >= 11 is 0. The number of methoxy groups -OCH3 is 1. The van der Waals surface area contributed by atoms with Gasteiger partial charge in [-0.3, -0.25) is 4.79 Å². The Kier molecular flexibility index (Phi) is 4.26. The third-order valence-corrected chi connectivity index (χ3v) is 3.67. The lowest BCUT2D eigenvalue weighted by Crippen LogP contribution is -2.42. The fourth-order valence-corrected chi connectivity index (χ4v) is 2.60. The minimum Gasteiger partial charge on any atom is -0.497 e. The maximum Gasteiger partial charge on any atom is 0.234 e. The Morgan fingerprint density at radius 2 is 2.40 bits per heavy atom. The van der Waals surface area contributed by atoms with E-state index < -0.39 is 5.60 Å². The number of amides is 1. The second-order valence-corrected chi connectivity index (χ2v) is 5.02. The number of ether oxygens (including phenoxy) is 1. The van der Waals surface area contributed by atoms with Gasteiger partial charge in [-0.15, -0.1) is 0 Å². The van der Waals surface area contributed by atoms with Crippen molar-refractivity contribution in [3.63, 3.8) is 0 Å². The molecule has 0 aromatic heterocycles. The van der Waals surface area contributed by atoms with Crippen molar-refractivity contribution in [2.24, 2.45) is 0 Å². The monoisotopic (exact) mass is 274 g/mol. The van der Waals surface area contributed by atoms with E-state index in [-0.39, 0.29) is 18.9 Å². The molecule has 0 bridgehead atoms. The number of rotatable bonds is 4. The Bertz CT molecular complexity index is 551. The molecule has 0 aliphatic heterocycles. The molecule has 0 saturated heterocycles. The smallest absolute Gasteiger partial charge is 0.234 e. The van der Waals surface area contributed by atoms with Crippen LogP contribution in [0.25, 0.3) is 0 Å². The summed E-state index contributed by atoms with van der Waals surface area (Å²) in [5.41, 5.74) is 0.794. The Labute approximate surface area is 118 Å². The minimum absolute atomic E-state index is 0.119. The first-order valence-corrected chi connectivity index (χ1v) is 6.62. The Morgan fingerprint density at radius 1 is 1.60 bits per heavy atom. The SMILES string of the molecule is COc1ccc2c(c1)[C@@](O)(CNC(=O)CC#N)CCC2. The summed E-state index contributed by atoms with van der Waals surface area (Å²) in [4.78, 5) is 11.4. The van der Waals surface area contributed by atoms with Crippen molar-refractivity contribution in [1.29, 1.82) is 5.26 Å². The highest BCUT2D eigenvalue weighted by Gasteiger charge is 2.35. The average Bonchev–Trinajstić information content (AvgIpc) is 2.46. The van der Waals surface area contributed by atoms with Gasteiger partial charge in [-0.05, 0) is 42.5 Å². The highest BCUT2D eigenvalue weighted by atomic mass is 16.5. The summed E-state index contributed by atoms with van der Waals surface area (Å²) in [6.07, 6.45) is 2.17. The second kappa shape index (κ2) is 5.93. The number of nitrogens with one attached hydrogen (secondary N) is 1. The van der Waals surface area contributed by atoms with Crippen LogP contribution in [-0.4, -0.2) is 24.7 Å². The van der Waals surface area contributed by atoms with E-state index in [1.807, 2.05) is 18.2 Å². The van der Waals surface area contributed by atoms with E-state index in [1.165, 1.54) is 0 Å². The lowest BCUT2D eigenvalue weighted by Gasteiger charge is -2.34. The minimum atomic E-state index is -1.09. The van der Waals surface area contributed by atoms with E-state index in [4.69, 9.17) is 10.00 Å². The lowest BCUT2D eigenvalue weighted by molar-refractivity contribution is -0.121. The average molecular weight is 274 g/mol. The molecule has 0 heterocycles. The Hall–Kier alpha value is -2.06. The summed E-state index contributed by atoms with van der Waals surface area (Å²) in [5, 5.41) is 21.9. The van der Waals surface area contributed by atoms with E-state index in [9.17, 15) is 9.90 Å². The van der Waals surface area contributed by atoms with Crippen molar-refractivity contribution < 1.29 is 14.6 Å². The molecule has 1 aliphatic rings. The van der Waals surface area contributed by atoms with Gasteiger partial charge >= 0.3 is 0 Å². The fraction of sp³-hybridized carbons (Fsp3) is 0.467. The molecule has 0 saturated carbocycles. The summed E-state index contributed by atoms with van der Waals surface area (Å²) in [6, 6.07) is 7.44. The molecule has 0 unspecified atom stereocenters. The van der Waals surface area contributed by atoms with Crippen LogP contribution in [0, 0.1) is 11.3 Å². The van der Waals surface area contributed by atoms with E-state index in [0.717, 1.165) is 24.0 Å². The zero-order valence-corrected chi connectivity index (χ0v) is 11.5. The van der Waals surface area contributed by atoms with E-state index in [2.05, 4.69) is 5.32 Å². The zero-order chi connectivity index (χ0) is 14.6. The van der Waals surface area contributed by atoms with Crippen LogP contribution >= 0.6 is 0 Å². The summed E-state index contributed by atoms with van der Waals surface area (Å²) in [5.74, 6) is 0.323. The van der Waals surface area contributed by atoms with Gasteiger partial charge < -0.3 is 15.2 Å². The van der Waals surface area contributed by atoms with Crippen molar-refractivity contribution in [3.05, 3.63) is 29.3 Å². The molecule has 1 atom stereocenters. The van der Waals surface area contributed by atoms with Crippen molar-refractivity contribution in [1.82, 2.24) is 5.32 Å². The highest BCUT2D eigenvalue weighted by molar-refractivity contribution is 5.78. The number of fused-ring (bicyclic) bond motifs is 1. The predicted octanol–water partition coefficient (Wildman–Crippen LogP) is 1.25. The lowest BCUT2D eigenvalue weighted by atomic mass is 9.79. The molecule has 5 heteroatoms. The molecular formula is C15H18N2O3. The standard InChI is InChI=1S/C15H18N2O3/c1-20-12-5-4-11-3-2-7-15(19,13(11)9-12)10-17-14(18)6-8-16/h4-5,9,19H,2-3,6-7,10H2,1H3,(H,17,18)/t15-/m0/s1. The van der Waals surface area contributed by atoms with Gasteiger partial charge in [0.15, 0.2) is 0 Å². The van der Waals surface area contributed by atoms with Crippen LogP contribution < -0.4 is 10.1 Å². The number of carbonyl (C=O) groups excluding carboxylic acids is 1. The molecule has 1 aromatic carbocycles. The van der Waals surface area contributed by atoms with Gasteiger partial charge in [0.25, 0.3) is 0 Å². The first-order valence-electron chi connectivity index (χ1n) is 6.62. The number of nitrogens with zero attached hydrogens (tertiary/aromatic N) is 1. The van der Waals surface area contributed by atoms with E-state index in [0.29, 0.717) is 12.2 Å². The maximum atomic E-state index is 11.4. The molecule has 0 spiro atoms. The molecule has 1 aromatic rings. The van der Waals surface area contributed by atoms with Crippen molar-refractivity contribution in [2.75, 3.05) is 13.7 Å². The van der Waals surface area contributed by atoms with Crippen LogP contribution in [0.4, 0.5) is 0 Å². The molecule has 0 radical (unpaired) electrons. The first-order chi connectivity index (χ1) is 9.59. The molecule has 1 aliphatic carbocycles. The fourth-order valence-electron chi connectivity index (χ4n) is 2.60. The molecule has 1 amide bonds. The predicted molar refractivity (Wildman–Crippen MR) is 73.1 cm³/mol. The number of nitriles is 1. The van der Waals surface area contributed by atoms with Crippen molar-refractivity contribution >= 4 is 5.91 Å². The summed E-state index contributed by atoms with van der Waals surface area (Å²) < 4.78 is 5.20. The number of aliphatic hydroxyl groups is 1. The molecule has 5 nitrogen and oxygen atoms in total. The van der Waals surface area contributed by atoms with Gasteiger partial charge in [0.05, 0.1) is 19.7 Å². The van der Waals surface area contributed by atoms with Gasteiger partial charge in [-0.1, -0.05) is 6.07 Å².